The predicted octanol–water partition coefficient (Wildman–Crippen LogP) is 4.74. The molecule has 0 aliphatic carbocycles. The molecule has 0 fully saturated rings. The number of aliphatic carboxylic acids is 1. The topological polar surface area (TPSA) is 71.2 Å². The van der Waals surface area contributed by atoms with E-state index >= 15 is 0 Å². The van der Waals surface area contributed by atoms with E-state index in [9.17, 15) is 9.90 Å². The smallest absolute Gasteiger partial charge is 0.338 e. The van der Waals surface area contributed by atoms with Crippen LogP contribution < -0.4 is 0 Å². The van der Waals surface area contributed by atoms with Gasteiger partial charge < -0.3 is 9.84 Å². The van der Waals surface area contributed by atoms with Crippen molar-refractivity contribution in [2.24, 2.45) is 9.98 Å². The van der Waals surface area contributed by atoms with Gasteiger partial charge in [0.1, 0.15) is 0 Å². The van der Waals surface area contributed by atoms with Gasteiger partial charge in [-0.25, -0.2) is 9.79 Å². The standard InChI is InChI=1S/C18H15ClN2O3.C2H6/c1-2-24-17-16(18(22)23)21-15(11-6-4-3-5-7-11)13-10-12(19)8-9-14(13)20-17;1-2/h3-10,16H,2H2,1H3,(H,22,23);1-2H3. The normalized spacial score (nSPS) is 15.5. The first-order valence-corrected chi connectivity index (χ1v) is 8.85. The van der Waals surface area contributed by atoms with Gasteiger partial charge >= 0.3 is 5.97 Å². The van der Waals surface area contributed by atoms with Gasteiger partial charge in [0.05, 0.1) is 18.0 Å². The Morgan fingerprint density at radius 2 is 1.88 bits per heavy atom. The molecule has 5 nitrogen and oxygen atoms in total. The lowest BCUT2D eigenvalue weighted by Gasteiger charge is -2.11. The lowest BCUT2D eigenvalue weighted by atomic mass is 10.0. The van der Waals surface area contributed by atoms with E-state index in [1.807, 2.05) is 44.2 Å². The Labute approximate surface area is 158 Å². The van der Waals surface area contributed by atoms with Crippen molar-refractivity contribution in [2.75, 3.05) is 6.61 Å². The van der Waals surface area contributed by atoms with Gasteiger partial charge in [-0.15, -0.1) is 0 Å². The number of carbonyl (C=O) groups is 1. The summed E-state index contributed by atoms with van der Waals surface area (Å²) in [5.41, 5.74) is 2.57. The molecule has 26 heavy (non-hydrogen) atoms. The molecule has 0 saturated heterocycles. The third-order valence-electron chi connectivity index (χ3n) is 3.51. The van der Waals surface area contributed by atoms with Crippen molar-refractivity contribution in [1.82, 2.24) is 0 Å². The number of halogens is 1. The van der Waals surface area contributed by atoms with Crippen molar-refractivity contribution in [1.29, 1.82) is 0 Å². The van der Waals surface area contributed by atoms with E-state index in [1.165, 1.54) is 0 Å². The monoisotopic (exact) mass is 372 g/mol. The molecule has 0 bridgehead atoms. The van der Waals surface area contributed by atoms with E-state index in [2.05, 4.69) is 9.98 Å². The minimum atomic E-state index is -1.20. The number of aliphatic imine (C=N–C) groups is 2. The van der Waals surface area contributed by atoms with Gasteiger partial charge in [0.25, 0.3) is 0 Å². The van der Waals surface area contributed by atoms with Crippen molar-refractivity contribution >= 4 is 34.9 Å². The Bertz CT molecular complexity index is 832. The SMILES string of the molecule is CC.CCOC1=Nc2ccc(Cl)cc2C(c2ccccc2)=NC1C(=O)O. The van der Waals surface area contributed by atoms with Crippen LogP contribution in [0.2, 0.25) is 5.02 Å². The molecule has 0 amide bonds. The summed E-state index contributed by atoms with van der Waals surface area (Å²) in [6.07, 6.45) is 0. The molecule has 3 rings (SSSR count). The first kappa shape index (κ1) is 19.7. The third-order valence-corrected chi connectivity index (χ3v) is 3.74. The molecule has 0 aromatic heterocycles. The number of carboxylic acid groups (broad SMARTS) is 1. The van der Waals surface area contributed by atoms with Crippen LogP contribution >= 0.6 is 11.6 Å². The van der Waals surface area contributed by atoms with Crippen LogP contribution in [0.1, 0.15) is 31.9 Å². The molecule has 1 aliphatic heterocycles. The molecule has 2 aromatic rings. The number of fused-ring (bicyclic) bond motifs is 1. The third kappa shape index (κ3) is 4.29. The second-order valence-electron chi connectivity index (χ2n) is 5.13. The Morgan fingerprint density at radius 3 is 2.50 bits per heavy atom. The molecule has 1 atom stereocenters. The summed E-state index contributed by atoms with van der Waals surface area (Å²) >= 11 is 6.13. The van der Waals surface area contributed by atoms with E-state index in [0.29, 0.717) is 28.6 Å². The van der Waals surface area contributed by atoms with Crippen LogP contribution in [0.4, 0.5) is 5.69 Å². The van der Waals surface area contributed by atoms with E-state index in [0.717, 1.165) is 5.56 Å². The molecule has 0 spiro atoms. The fourth-order valence-corrected chi connectivity index (χ4v) is 2.65. The lowest BCUT2D eigenvalue weighted by molar-refractivity contribution is -0.137. The maximum atomic E-state index is 11.7. The summed E-state index contributed by atoms with van der Waals surface area (Å²) in [6, 6.07) is 13.3. The van der Waals surface area contributed by atoms with E-state index in [-0.39, 0.29) is 5.90 Å². The molecule has 6 heteroatoms. The molecule has 1 N–H and O–H groups in total. The maximum Gasteiger partial charge on any atom is 0.338 e. The minimum Gasteiger partial charge on any atom is -0.479 e. The average Bonchev–Trinajstić information content (AvgIpc) is 2.81. The minimum absolute atomic E-state index is 0.0690. The quantitative estimate of drug-likeness (QED) is 0.846. The van der Waals surface area contributed by atoms with E-state index in [4.69, 9.17) is 16.3 Å². The van der Waals surface area contributed by atoms with Crippen LogP contribution in [0.3, 0.4) is 0 Å². The van der Waals surface area contributed by atoms with Crippen molar-refractivity contribution in [3.05, 3.63) is 64.7 Å². The number of hydrogen-bond donors (Lipinski definition) is 1. The number of nitrogens with zero attached hydrogens (tertiary/aromatic N) is 2. The molecular formula is C20H21ClN2O3. The highest BCUT2D eigenvalue weighted by atomic mass is 35.5. The van der Waals surface area contributed by atoms with Crippen molar-refractivity contribution in [3.63, 3.8) is 0 Å². The van der Waals surface area contributed by atoms with Gasteiger partial charge in [-0.05, 0) is 25.1 Å². The summed E-state index contributed by atoms with van der Waals surface area (Å²) in [7, 11) is 0. The zero-order valence-corrected chi connectivity index (χ0v) is 15.7. The Hall–Kier alpha value is -2.66. The highest BCUT2D eigenvalue weighted by molar-refractivity contribution is 6.31. The van der Waals surface area contributed by atoms with E-state index < -0.39 is 12.0 Å². The second kappa shape index (κ2) is 9.15. The van der Waals surface area contributed by atoms with Crippen LogP contribution in [-0.2, 0) is 9.53 Å². The molecular weight excluding hydrogens is 352 g/mol. The van der Waals surface area contributed by atoms with Crippen molar-refractivity contribution in [3.8, 4) is 0 Å². The van der Waals surface area contributed by atoms with E-state index in [1.54, 1.807) is 25.1 Å². The summed E-state index contributed by atoms with van der Waals surface area (Å²) < 4.78 is 5.44. The lowest BCUT2D eigenvalue weighted by Crippen LogP contribution is -2.30. The van der Waals surface area contributed by atoms with Gasteiger partial charge in [-0.2, -0.15) is 0 Å². The molecule has 0 saturated carbocycles. The zero-order chi connectivity index (χ0) is 19.1. The number of benzene rings is 2. The predicted molar refractivity (Wildman–Crippen MR) is 105 cm³/mol. The van der Waals surface area contributed by atoms with Crippen LogP contribution in [0, 0.1) is 0 Å². The Morgan fingerprint density at radius 1 is 1.19 bits per heavy atom. The van der Waals surface area contributed by atoms with Crippen LogP contribution in [-0.4, -0.2) is 35.3 Å². The Kier molecular flexibility index (Phi) is 6.92. The Balaban J connectivity index is 0.00000117. The summed E-state index contributed by atoms with van der Waals surface area (Å²) in [5, 5.41) is 10.1. The van der Waals surface area contributed by atoms with Gasteiger partial charge in [-0.1, -0.05) is 55.8 Å². The molecule has 0 radical (unpaired) electrons. The highest BCUT2D eigenvalue weighted by Crippen LogP contribution is 2.30. The van der Waals surface area contributed by atoms with Gasteiger partial charge in [0.15, 0.2) is 0 Å². The number of hydrogen-bond acceptors (Lipinski definition) is 4. The molecule has 1 aliphatic rings. The van der Waals surface area contributed by atoms with Crippen LogP contribution in [0.15, 0.2) is 58.5 Å². The fourth-order valence-electron chi connectivity index (χ4n) is 2.48. The second-order valence-corrected chi connectivity index (χ2v) is 5.57. The molecule has 136 valence electrons. The molecule has 1 unspecified atom stereocenters. The van der Waals surface area contributed by atoms with Crippen molar-refractivity contribution in [2.45, 2.75) is 26.8 Å². The summed E-state index contributed by atoms with van der Waals surface area (Å²) in [5.74, 6) is -1.05. The van der Waals surface area contributed by atoms with Crippen molar-refractivity contribution < 1.29 is 14.6 Å². The maximum absolute atomic E-state index is 11.7. The van der Waals surface area contributed by atoms with Gasteiger partial charge in [0, 0.05) is 16.1 Å². The largest absolute Gasteiger partial charge is 0.479 e. The number of rotatable bonds is 3. The number of ether oxygens (including phenoxy) is 1. The highest BCUT2D eigenvalue weighted by Gasteiger charge is 2.30. The van der Waals surface area contributed by atoms with Gasteiger partial charge in [0.2, 0.25) is 11.9 Å². The van der Waals surface area contributed by atoms with Crippen LogP contribution in [0.25, 0.3) is 0 Å². The molecule has 2 aromatic carbocycles. The first-order valence-electron chi connectivity index (χ1n) is 8.47. The summed E-state index contributed by atoms with van der Waals surface area (Å²) in [4.78, 5) is 20.5. The first-order chi connectivity index (χ1) is 12.6. The fraction of sp³-hybridized carbons (Fsp3) is 0.250. The molecule has 1 heterocycles. The summed E-state index contributed by atoms with van der Waals surface area (Å²) in [6.45, 7) is 6.08. The van der Waals surface area contributed by atoms with Crippen LogP contribution in [0.5, 0.6) is 0 Å². The zero-order valence-electron chi connectivity index (χ0n) is 14.9. The average molecular weight is 373 g/mol. The number of carboxylic acids is 1. The van der Waals surface area contributed by atoms with Gasteiger partial charge in [-0.3, -0.25) is 4.99 Å².